The van der Waals surface area contributed by atoms with E-state index in [4.69, 9.17) is 4.42 Å². The van der Waals surface area contributed by atoms with E-state index in [0.29, 0.717) is 23.5 Å². The zero-order valence-electron chi connectivity index (χ0n) is 12.5. The van der Waals surface area contributed by atoms with Crippen LogP contribution in [0.1, 0.15) is 25.7 Å². The van der Waals surface area contributed by atoms with Gasteiger partial charge in [0.25, 0.3) is 0 Å². The summed E-state index contributed by atoms with van der Waals surface area (Å²) in [5.41, 5.74) is 1.15. The van der Waals surface area contributed by atoms with Gasteiger partial charge in [-0.15, -0.1) is 0 Å². The van der Waals surface area contributed by atoms with Crippen molar-refractivity contribution in [2.75, 3.05) is 18.9 Å². The molecule has 22 heavy (non-hydrogen) atoms. The highest BCUT2D eigenvalue weighted by Crippen LogP contribution is 2.24. The van der Waals surface area contributed by atoms with Gasteiger partial charge in [-0.2, -0.15) is 0 Å². The van der Waals surface area contributed by atoms with Crippen molar-refractivity contribution >= 4 is 20.9 Å². The van der Waals surface area contributed by atoms with Gasteiger partial charge in [-0.25, -0.2) is 13.4 Å². The molecule has 0 saturated carbocycles. The van der Waals surface area contributed by atoms with E-state index in [9.17, 15) is 13.5 Å². The van der Waals surface area contributed by atoms with Crippen molar-refractivity contribution in [1.29, 1.82) is 0 Å². The van der Waals surface area contributed by atoms with Crippen molar-refractivity contribution in [2.45, 2.75) is 37.2 Å². The SMILES string of the molecule is CCS(=O)(=O)c1ccc2oc(CN3CCC[C@@H]3CO)nc2c1. The molecule has 0 radical (unpaired) electrons. The quantitative estimate of drug-likeness (QED) is 0.899. The summed E-state index contributed by atoms with van der Waals surface area (Å²) in [6.07, 6.45) is 2.04. The van der Waals surface area contributed by atoms with Crippen LogP contribution in [0.2, 0.25) is 0 Å². The lowest BCUT2D eigenvalue weighted by Crippen LogP contribution is -2.31. The minimum absolute atomic E-state index is 0.0647. The van der Waals surface area contributed by atoms with E-state index >= 15 is 0 Å². The number of sulfone groups is 1. The molecule has 2 aromatic rings. The summed E-state index contributed by atoms with van der Waals surface area (Å²) in [4.78, 5) is 6.82. The number of hydrogen-bond donors (Lipinski definition) is 1. The molecule has 0 aliphatic carbocycles. The summed E-state index contributed by atoms with van der Waals surface area (Å²) in [5.74, 6) is 0.622. The Morgan fingerprint density at radius 2 is 2.27 bits per heavy atom. The fourth-order valence-corrected chi connectivity index (χ4v) is 3.77. The Balaban J connectivity index is 1.87. The third-order valence-electron chi connectivity index (χ3n) is 4.19. The van der Waals surface area contributed by atoms with E-state index < -0.39 is 9.84 Å². The molecule has 1 aliphatic rings. The second-order valence-corrected chi connectivity index (χ2v) is 7.87. The maximum absolute atomic E-state index is 11.9. The van der Waals surface area contributed by atoms with Crippen LogP contribution < -0.4 is 0 Å². The van der Waals surface area contributed by atoms with E-state index in [-0.39, 0.29) is 23.3 Å². The Morgan fingerprint density at radius 3 is 3.00 bits per heavy atom. The topological polar surface area (TPSA) is 83.6 Å². The first-order chi connectivity index (χ1) is 10.5. The molecule has 6 nitrogen and oxygen atoms in total. The number of aliphatic hydroxyl groups is 1. The first-order valence-corrected chi connectivity index (χ1v) is 9.16. The molecule has 1 N–H and O–H groups in total. The van der Waals surface area contributed by atoms with Gasteiger partial charge in [0.15, 0.2) is 15.4 Å². The maximum Gasteiger partial charge on any atom is 0.209 e. The number of aromatic nitrogens is 1. The molecule has 7 heteroatoms. The monoisotopic (exact) mass is 324 g/mol. The van der Waals surface area contributed by atoms with Gasteiger partial charge >= 0.3 is 0 Å². The van der Waals surface area contributed by atoms with Crippen LogP contribution in [0.4, 0.5) is 0 Å². The van der Waals surface area contributed by atoms with Gasteiger partial charge in [-0.3, -0.25) is 4.90 Å². The Hall–Kier alpha value is -1.44. The van der Waals surface area contributed by atoms with Crippen molar-refractivity contribution < 1.29 is 17.9 Å². The molecular weight excluding hydrogens is 304 g/mol. The normalized spacial score (nSPS) is 20.0. The smallest absolute Gasteiger partial charge is 0.209 e. The number of rotatable bonds is 5. The Morgan fingerprint density at radius 1 is 1.45 bits per heavy atom. The lowest BCUT2D eigenvalue weighted by Gasteiger charge is -2.20. The fraction of sp³-hybridized carbons (Fsp3) is 0.533. The first-order valence-electron chi connectivity index (χ1n) is 7.50. The summed E-state index contributed by atoms with van der Waals surface area (Å²) in [5, 5.41) is 9.35. The van der Waals surface area contributed by atoms with Crippen molar-refractivity contribution in [3.05, 3.63) is 24.1 Å². The van der Waals surface area contributed by atoms with E-state index in [2.05, 4.69) is 9.88 Å². The lowest BCUT2D eigenvalue weighted by molar-refractivity contribution is 0.145. The number of fused-ring (bicyclic) bond motifs is 1. The second-order valence-electron chi connectivity index (χ2n) is 5.59. The van der Waals surface area contributed by atoms with Gasteiger partial charge in [0, 0.05) is 6.04 Å². The molecule has 2 heterocycles. The van der Waals surface area contributed by atoms with Crippen LogP contribution in [0.25, 0.3) is 11.1 Å². The van der Waals surface area contributed by atoms with Crippen LogP contribution >= 0.6 is 0 Å². The summed E-state index contributed by atoms with van der Waals surface area (Å²) in [7, 11) is -3.24. The van der Waals surface area contributed by atoms with Crippen LogP contribution in [-0.4, -0.2) is 48.4 Å². The average molecular weight is 324 g/mol. The molecular formula is C15H20N2O4S. The number of aliphatic hydroxyl groups excluding tert-OH is 1. The average Bonchev–Trinajstić information content (AvgIpc) is 3.12. The van der Waals surface area contributed by atoms with Crippen LogP contribution in [0, 0.1) is 0 Å². The zero-order chi connectivity index (χ0) is 15.7. The van der Waals surface area contributed by atoms with Crippen molar-refractivity contribution in [2.24, 2.45) is 0 Å². The van der Waals surface area contributed by atoms with Gasteiger partial charge in [-0.1, -0.05) is 6.92 Å². The highest BCUT2D eigenvalue weighted by molar-refractivity contribution is 7.91. The number of benzene rings is 1. The molecule has 0 amide bonds. The zero-order valence-corrected chi connectivity index (χ0v) is 13.3. The predicted molar refractivity (Wildman–Crippen MR) is 82.3 cm³/mol. The number of oxazole rings is 1. The van der Waals surface area contributed by atoms with Gasteiger partial charge in [0.2, 0.25) is 5.89 Å². The summed E-state index contributed by atoms with van der Waals surface area (Å²) in [6.45, 7) is 3.21. The Labute approximate surface area is 129 Å². The van der Waals surface area contributed by atoms with E-state index in [0.717, 1.165) is 19.4 Å². The minimum atomic E-state index is -3.24. The van der Waals surface area contributed by atoms with Gasteiger partial charge in [0.05, 0.1) is 23.8 Å². The highest BCUT2D eigenvalue weighted by Gasteiger charge is 2.25. The molecule has 1 aromatic heterocycles. The minimum Gasteiger partial charge on any atom is -0.439 e. The number of hydrogen-bond acceptors (Lipinski definition) is 6. The Kier molecular flexibility index (Phi) is 4.20. The number of likely N-dealkylation sites (tertiary alicyclic amines) is 1. The molecule has 3 rings (SSSR count). The molecule has 0 bridgehead atoms. The second kappa shape index (κ2) is 5.98. The van der Waals surface area contributed by atoms with Crippen LogP contribution in [0.3, 0.4) is 0 Å². The van der Waals surface area contributed by atoms with Gasteiger partial charge in [0.1, 0.15) is 5.52 Å². The largest absolute Gasteiger partial charge is 0.439 e. The Bertz CT molecular complexity index is 769. The van der Waals surface area contributed by atoms with E-state index in [1.807, 2.05) is 0 Å². The lowest BCUT2D eigenvalue weighted by atomic mass is 10.2. The molecule has 0 unspecified atom stereocenters. The third-order valence-corrected chi connectivity index (χ3v) is 5.92. The molecule has 1 aliphatic heterocycles. The van der Waals surface area contributed by atoms with Crippen molar-refractivity contribution in [3.63, 3.8) is 0 Å². The summed E-state index contributed by atoms with van der Waals surface area (Å²) in [6, 6.07) is 4.94. The highest BCUT2D eigenvalue weighted by atomic mass is 32.2. The molecule has 1 fully saturated rings. The number of nitrogens with zero attached hydrogens (tertiary/aromatic N) is 2. The molecule has 1 saturated heterocycles. The summed E-state index contributed by atoms with van der Waals surface area (Å²) < 4.78 is 29.5. The van der Waals surface area contributed by atoms with Crippen LogP contribution in [0.5, 0.6) is 0 Å². The third kappa shape index (κ3) is 2.88. The van der Waals surface area contributed by atoms with Crippen molar-refractivity contribution in [1.82, 2.24) is 9.88 Å². The fourth-order valence-electron chi connectivity index (χ4n) is 2.87. The maximum atomic E-state index is 11.9. The molecule has 0 spiro atoms. The van der Waals surface area contributed by atoms with Crippen molar-refractivity contribution in [3.8, 4) is 0 Å². The molecule has 120 valence electrons. The van der Waals surface area contributed by atoms with Crippen LogP contribution in [0.15, 0.2) is 27.5 Å². The summed E-state index contributed by atoms with van der Waals surface area (Å²) >= 11 is 0. The molecule has 1 atom stereocenters. The standard InChI is InChI=1S/C15H20N2O4S/c1-2-22(19,20)12-5-6-14-13(8-12)16-15(21-14)9-17-7-3-4-11(17)10-18/h5-6,8,11,18H,2-4,7,9-10H2,1H3/t11-/m1/s1. The van der Waals surface area contributed by atoms with Gasteiger partial charge < -0.3 is 9.52 Å². The predicted octanol–water partition coefficient (Wildman–Crippen LogP) is 1.58. The van der Waals surface area contributed by atoms with E-state index in [1.165, 1.54) is 0 Å². The van der Waals surface area contributed by atoms with E-state index in [1.54, 1.807) is 25.1 Å². The molecule has 1 aromatic carbocycles. The van der Waals surface area contributed by atoms with Gasteiger partial charge in [-0.05, 0) is 37.6 Å². The first kappa shape index (κ1) is 15.5. The van der Waals surface area contributed by atoms with Crippen LogP contribution in [-0.2, 0) is 16.4 Å².